The zero-order valence-corrected chi connectivity index (χ0v) is 41.1. The van der Waals surface area contributed by atoms with Crippen LogP contribution in [0.5, 0.6) is 0 Å². The smallest absolute Gasteiger partial charge is 0.373 e. The van der Waals surface area contributed by atoms with E-state index in [4.69, 9.17) is 28.7 Å². The Balaban J connectivity index is 0.000000183. The van der Waals surface area contributed by atoms with E-state index in [9.17, 15) is 49.2 Å². The predicted octanol–water partition coefficient (Wildman–Crippen LogP) is 9.93. The molecule has 2 atom stereocenters. The third-order valence-electron chi connectivity index (χ3n) is 11.1. The van der Waals surface area contributed by atoms with Crippen LogP contribution in [0.4, 0.5) is 0 Å². The van der Waals surface area contributed by atoms with Crippen molar-refractivity contribution in [1.82, 2.24) is 0 Å². The fourth-order valence-corrected chi connectivity index (χ4v) is 15.1. The summed E-state index contributed by atoms with van der Waals surface area (Å²) in [5.74, 6) is -3.74. The molecule has 68 heavy (non-hydrogen) atoms. The molecule has 0 saturated heterocycles. The Labute approximate surface area is 409 Å². The van der Waals surface area contributed by atoms with Crippen LogP contribution in [0.25, 0.3) is 30.3 Å². The van der Waals surface area contributed by atoms with Gasteiger partial charge in [-0.2, -0.15) is 19.2 Å². The van der Waals surface area contributed by atoms with Gasteiger partial charge in [0, 0.05) is 41.3 Å². The molecule has 6 heterocycles. The first-order valence-electron chi connectivity index (χ1n) is 20.1. The highest BCUT2D eigenvalue weighted by atomic mass is 32.2. The number of carbonyl (C=O) groups excluding carboxylic acids is 6. The van der Waals surface area contributed by atoms with Gasteiger partial charge in [0.25, 0.3) is 0 Å². The molecule has 9 rings (SSSR count). The molecule has 1 aliphatic carbocycles. The van der Waals surface area contributed by atoms with Crippen molar-refractivity contribution in [1.29, 1.82) is 0 Å². The van der Waals surface area contributed by atoms with Crippen molar-refractivity contribution in [3.05, 3.63) is 106 Å². The lowest BCUT2D eigenvalue weighted by Gasteiger charge is -2.42. The van der Waals surface area contributed by atoms with Crippen LogP contribution in [0.3, 0.4) is 0 Å². The summed E-state index contributed by atoms with van der Waals surface area (Å²) >= 11 is 8.28. The normalized spacial score (nSPS) is 15.9. The molecule has 0 amide bonds. The summed E-state index contributed by atoms with van der Waals surface area (Å²) in [7, 11) is 0. The Morgan fingerprint density at radius 3 is 1.21 bits per heavy atom. The second-order valence-corrected chi connectivity index (χ2v) is 19.8. The van der Waals surface area contributed by atoms with Crippen LogP contribution in [0, 0.1) is 0 Å². The monoisotopic (exact) mass is 1040 g/mol. The number of thiophene rings is 5. The summed E-state index contributed by atoms with van der Waals surface area (Å²) in [6.45, 7) is 8.32. The van der Waals surface area contributed by atoms with Crippen molar-refractivity contribution >= 4 is 147 Å². The van der Waals surface area contributed by atoms with Crippen LogP contribution in [0.2, 0.25) is 0 Å². The summed E-state index contributed by atoms with van der Waals surface area (Å²) in [4.78, 5) is 107. The number of hydrogen-bond donors (Lipinski definition) is 4. The molecule has 2 unspecified atom stereocenters. The number of ether oxygens (including phenoxy) is 2. The molecule has 0 bridgehead atoms. The van der Waals surface area contributed by atoms with E-state index in [0.717, 1.165) is 26.6 Å². The van der Waals surface area contributed by atoms with E-state index >= 15 is 0 Å². The van der Waals surface area contributed by atoms with Crippen molar-refractivity contribution in [2.24, 2.45) is 0 Å². The van der Waals surface area contributed by atoms with E-state index in [1.807, 2.05) is 50.6 Å². The van der Waals surface area contributed by atoms with Gasteiger partial charge in [-0.15, -0.1) is 68.4 Å². The average Bonchev–Trinajstić information content (AvgIpc) is 4.16. The molecule has 4 N–H and O–H groups in total. The topological polar surface area (TPSA) is 270 Å². The minimum Gasteiger partial charge on any atom is -0.478 e. The van der Waals surface area contributed by atoms with Crippen molar-refractivity contribution in [2.75, 3.05) is 19.0 Å². The number of benzene rings is 2. The summed E-state index contributed by atoms with van der Waals surface area (Å²) in [5.41, 5.74) is 1.71. The number of rotatable bonds is 10. The molecular weight excluding hydrogens is 1000 g/mol. The van der Waals surface area contributed by atoms with Crippen molar-refractivity contribution in [3.63, 3.8) is 0 Å². The Kier molecular flexibility index (Phi) is 17.5. The Morgan fingerprint density at radius 2 is 0.868 bits per heavy atom. The minimum atomic E-state index is -1.03. The molecule has 5 aromatic heterocycles. The Morgan fingerprint density at radius 1 is 0.529 bits per heavy atom. The van der Waals surface area contributed by atoms with E-state index in [-0.39, 0.29) is 46.5 Å². The molecule has 0 spiro atoms. The Hall–Kier alpha value is -6.35. The maximum Gasteiger partial charge on any atom is 0.373 e. The van der Waals surface area contributed by atoms with E-state index in [1.54, 1.807) is 34.3 Å². The van der Waals surface area contributed by atoms with Gasteiger partial charge in [0.15, 0.2) is 0 Å². The molecule has 0 fully saturated rings. The number of carboxylic acid groups (broad SMARTS) is 4. The highest BCUT2D eigenvalue weighted by molar-refractivity contribution is 7.99. The van der Waals surface area contributed by atoms with Gasteiger partial charge in [-0.25, -0.2) is 19.2 Å². The Bertz CT molecular complexity index is 2840. The predicted molar refractivity (Wildman–Crippen MR) is 255 cm³/mol. The lowest BCUT2D eigenvalue weighted by molar-refractivity contribution is -0.193. The molecule has 22 heteroatoms. The maximum atomic E-state index is 13.1. The SMILES string of the molecule is CCOC(=O)C1(CC)c2ccsc2C(CC)(C(=O)OCC)c2ccsc21.O=C(O)c1c2c(c(C(=O)O)c3sccc13)CCS2.O=C(O)c1c2ccsc2c(C(=O)O)c2ccsc12.O=C=O.O=C=O. The van der Waals surface area contributed by atoms with Crippen LogP contribution in [0.15, 0.2) is 62.1 Å². The van der Waals surface area contributed by atoms with Crippen LogP contribution in [0.1, 0.15) is 108 Å². The fraction of sp³-hybridized carbons (Fsp3) is 0.261. The second kappa shape index (κ2) is 22.6. The minimum absolute atomic E-state index is 0.196. The lowest BCUT2D eigenvalue weighted by Crippen LogP contribution is -2.49. The molecule has 16 nitrogen and oxygen atoms in total. The standard InChI is InChI=1S/C20H24O4S2.C12H8O4S2.C12H6O4S2.2CO2/c1-5-19(17(21)23-7-3)13-9-11-26-16(13)20(6-2,18(22)24-8-4)14-10-12-25-15(14)19;2*13-11(14)7-5-1-3-17-9(5)8(12(15)16)6-2-4-18-10(6)7;2*2-1-3/h9-12H,5-8H2,1-4H3;1,3H,2,4H2,(H,13,14)(H,15,16);1-4H,(H,13,14)(H,15,16);;. The maximum absolute atomic E-state index is 13.1. The number of thioether (sulfide) groups is 1. The lowest BCUT2D eigenvalue weighted by atomic mass is 9.62. The molecule has 2 aliphatic rings. The quantitative estimate of drug-likeness (QED) is 0.0928. The highest BCUT2D eigenvalue weighted by Gasteiger charge is 2.58. The first-order valence-corrected chi connectivity index (χ1v) is 25.5. The van der Waals surface area contributed by atoms with Crippen LogP contribution >= 0.6 is 68.4 Å². The van der Waals surface area contributed by atoms with Gasteiger partial charge in [-0.1, -0.05) is 13.8 Å². The molecule has 0 radical (unpaired) electrons. The highest BCUT2D eigenvalue weighted by Crippen LogP contribution is 2.57. The summed E-state index contributed by atoms with van der Waals surface area (Å²) in [6, 6.07) is 8.97. The van der Waals surface area contributed by atoms with E-state index < -0.39 is 34.7 Å². The van der Waals surface area contributed by atoms with Crippen molar-refractivity contribution in [2.45, 2.75) is 62.7 Å². The number of fused-ring (bicyclic) bond motifs is 6. The summed E-state index contributed by atoms with van der Waals surface area (Å²) < 4.78 is 12.6. The summed E-state index contributed by atoms with van der Waals surface area (Å²) in [5, 5.41) is 47.9. The first-order chi connectivity index (χ1) is 32.6. The van der Waals surface area contributed by atoms with Crippen molar-refractivity contribution < 1.29 is 77.8 Å². The second-order valence-electron chi connectivity index (χ2n) is 14.1. The number of carbonyl (C=O) groups is 6. The van der Waals surface area contributed by atoms with Crippen LogP contribution in [-0.2, 0) is 55.5 Å². The van der Waals surface area contributed by atoms with Gasteiger partial charge < -0.3 is 29.9 Å². The molecule has 354 valence electrons. The van der Waals surface area contributed by atoms with E-state index in [2.05, 4.69) is 0 Å². The van der Waals surface area contributed by atoms with Gasteiger partial charge in [0.2, 0.25) is 0 Å². The zero-order valence-electron chi connectivity index (χ0n) is 36.2. The third-order valence-corrected chi connectivity index (χ3v) is 17.2. The van der Waals surface area contributed by atoms with Gasteiger partial charge in [-0.05, 0) is 107 Å². The molecular formula is C46H38O16S6. The molecule has 7 aromatic rings. The van der Waals surface area contributed by atoms with Gasteiger partial charge >= 0.3 is 48.1 Å². The van der Waals surface area contributed by atoms with Gasteiger partial charge in [0.1, 0.15) is 10.8 Å². The third kappa shape index (κ3) is 9.16. The van der Waals surface area contributed by atoms with Crippen LogP contribution < -0.4 is 0 Å². The van der Waals surface area contributed by atoms with Crippen LogP contribution in [-0.4, -0.2) is 87.5 Å². The number of aromatic carboxylic acids is 4. The first kappa shape index (κ1) is 52.6. The fourth-order valence-electron chi connectivity index (χ4n) is 8.48. The number of hydrogen-bond acceptors (Lipinski definition) is 18. The largest absolute Gasteiger partial charge is 0.478 e. The molecule has 0 saturated carbocycles. The number of esters is 2. The van der Waals surface area contributed by atoms with E-state index in [0.29, 0.717) is 73.2 Å². The molecule has 1 aliphatic heterocycles. The summed E-state index contributed by atoms with van der Waals surface area (Å²) in [6.07, 6.45) is 2.30. The molecule has 2 aromatic carbocycles. The zero-order chi connectivity index (χ0) is 50.1. The average molecular weight is 1040 g/mol. The van der Waals surface area contributed by atoms with E-state index in [1.165, 1.54) is 68.4 Å². The van der Waals surface area contributed by atoms with Gasteiger partial charge in [-0.3, -0.25) is 9.59 Å². The number of carboxylic acids is 4. The van der Waals surface area contributed by atoms with Crippen molar-refractivity contribution in [3.8, 4) is 0 Å². The van der Waals surface area contributed by atoms with Gasteiger partial charge in [0.05, 0.1) is 44.9 Å².